The quantitative estimate of drug-likeness (QED) is 0.821. The molecule has 22 heavy (non-hydrogen) atoms. The molecular weight excluding hydrogens is 278 g/mol. The van der Waals surface area contributed by atoms with Crippen LogP contribution in [-0.4, -0.2) is 34.5 Å². The van der Waals surface area contributed by atoms with Crippen LogP contribution in [0.1, 0.15) is 49.7 Å². The predicted molar refractivity (Wildman–Crippen MR) is 85.7 cm³/mol. The molecule has 0 unspecified atom stereocenters. The molecule has 0 aromatic heterocycles. The number of unbranched alkanes of at least 4 members (excludes halogenated alkanes) is 1. The van der Waals surface area contributed by atoms with Gasteiger partial charge in [-0.1, -0.05) is 29.8 Å². The van der Waals surface area contributed by atoms with Crippen LogP contribution < -0.4 is 0 Å². The number of aryl methyl sites for hydroxylation is 2. The number of nitrogens with zero attached hydrogens (tertiary/aromatic N) is 1. The van der Waals surface area contributed by atoms with Crippen LogP contribution >= 0.6 is 0 Å². The Morgan fingerprint density at radius 2 is 1.91 bits per heavy atom. The molecule has 0 spiro atoms. The molecule has 1 amide bonds. The first-order valence-corrected chi connectivity index (χ1v) is 8.16. The monoisotopic (exact) mass is 303 g/mol. The maximum Gasteiger partial charge on any atom is 0.326 e. The van der Waals surface area contributed by atoms with Gasteiger partial charge in [0.15, 0.2) is 0 Å². The molecule has 1 aromatic rings. The van der Waals surface area contributed by atoms with Crippen LogP contribution in [0.2, 0.25) is 0 Å². The third-order valence-electron chi connectivity index (χ3n) is 4.33. The van der Waals surface area contributed by atoms with Crippen molar-refractivity contribution in [3.63, 3.8) is 0 Å². The summed E-state index contributed by atoms with van der Waals surface area (Å²) in [4.78, 5) is 25.0. The molecule has 4 heteroatoms. The van der Waals surface area contributed by atoms with Crippen molar-refractivity contribution in [1.29, 1.82) is 0 Å². The van der Waals surface area contributed by atoms with E-state index in [1.807, 2.05) is 0 Å². The summed E-state index contributed by atoms with van der Waals surface area (Å²) in [6.45, 7) is 2.66. The van der Waals surface area contributed by atoms with Gasteiger partial charge in [-0.15, -0.1) is 0 Å². The summed E-state index contributed by atoms with van der Waals surface area (Å²) in [5.74, 6) is -0.872. The van der Waals surface area contributed by atoms with Crippen molar-refractivity contribution in [3.05, 3.63) is 35.4 Å². The summed E-state index contributed by atoms with van der Waals surface area (Å²) < 4.78 is 0. The summed E-state index contributed by atoms with van der Waals surface area (Å²) >= 11 is 0. The van der Waals surface area contributed by atoms with Crippen molar-refractivity contribution in [2.75, 3.05) is 6.54 Å². The molecule has 1 N–H and O–H groups in total. The lowest BCUT2D eigenvalue weighted by Gasteiger charge is -2.33. The number of amides is 1. The molecule has 0 bridgehead atoms. The Morgan fingerprint density at radius 1 is 1.18 bits per heavy atom. The molecule has 1 aliphatic heterocycles. The minimum absolute atomic E-state index is 0.00370. The largest absolute Gasteiger partial charge is 0.480 e. The van der Waals surface area contributed by atoms with E-state index in [-0.39, 0.29) is 5.91 Å². The topological polar surface area (TPSA) is 57.6 Å². The molecule has 1 aromatic carbocycles. The number of benzene rings is 1. The van der Waals surface area contributed by atoms with E-state index in [0.29, 0.717) is 19.4 Å². The highest BCUT2D eigenvalue weighted by Crippen LogP contribution is 2.19. The second-order valence-corrected chi connectivity index (χ2v) is 6.13. The van der Waals surface area contributed by atoms with Crippen LogP contribution in [-0.2, 0) is 16.0 Å². The van der Waals surface area contributed by atoms with E-state index < -0.39 is 12.0 Å². The first-order valence-electron chi connectivity index (χ1n) is 8.16. The highest BCUT2D eigenvalue weighted by Gasteiger charge is 2.31. The van der Waals surface area contributed by atoms with Crippen LogP contribution in [0.3, 0.4) is 0 Å². The highest BCUT2D eigenvalue weighted by molar-refractivity contribution is 5.83. The normalized spacial score (nSPS) is 18.2. The van der Waals surface area contributed by atoms with Gasteiger partial charge in [0.2, 0.25) is 5.91 Å². The Kier molecular flexibility index (Phi) is 5.99. The molecule has 0 radical (unpaired) electrons. The number of piperidine rings is 1. The zero-order valence-corrected chi connectivity index (χ0v) is 13.3. The third-order valence-corrected chi connectivity index (χ3v) is 4.33. The van der Waals surface area contributed by atoms with E-state index in [1.54, 1.807) is 4.90 Å². The van der Waals surface area contributed by atoms with Gasteiger partial charge in [-0.05, 0) is 51.0 Å². The smallest absolute Gasteiger partial charge is 0.326 e. The number of carbonyl (C=O) groups excluding carboxylic acids is 1. The van der Waals surface area contributed by atoms with E-state index in [0.717, 1.165) is 32.1 Å². The lowest BCUT2D eigenvalue weighted by atomic mass is 10.0. The van der Waals surface area contributed by atoms with Crippen molar-refractivity contribution in [2.45, 2.75) is 57.9 Å². The van der Waals surface area contributed by atoms with Crippen LogP contribution in [0, 0.1) is 6.92 Å². The second kappa shape index (κ2) is 7.97. The fraction of sp³-hybridized carbons (Fsp3) is 0.556. The van der Waals surface area contributed by atoms with Crippen LogP contribution in [0.15, 0.2) is 24.3 Å². The molecule has 1 fully saturated rings. The number of carboxylic acids is 1. The first-order chi connectivity index (χ1) is 10.6. The standard InChI is InChI=1S/C18H25NO3/c1-14-9-11-15(12-10-14)6-2-3-8-17(20)19-13-5-4-7-16(19)18(21)22/h9-12,16H,2-8,13H2,1H3,(H,21,22)/t16-/m1/s1. The fourth-order valence-corrected chi connectivity index (χ4v) is 2.99. The van der Waals surface area contributed by atoms with Gasteiger partial charge in [-0.3, -0.25) is 4.79 Å². The molecule has 1 heterocycles. The van der Waals surface area contributed by atoms with Crippen LogP contribution in [0.5, 0.6) is 0 Å². The lowest BCUT2D eigenvalue weighted by molar-refractivity contribution is -0.152. The summed E-state index contributed by atoms with van der Waals surface area (Å²) in [6, 6.07) is 7.85. The van der Waals surface area contributed by atoms with E-state index in [1.165, 1.54) is 11.1 Å². The summed E-state index contributed by atoms with van der Waals surface area (Å²) in [6.07, 6.45) is 5.60. The summed E-state index contributed by atoms with van der Waals surface area (Å²) in [5, 5.41) is 9.21. The molecule has 4 nitrogen and oxygen atoms in total. The molecule has 2 rings (SSSR count). The minimum atomic E-state index is -0.868. The predicted octanol–water partition coefficient (Wildman–Crippen LogP) is 3.17. The summed E-state index contributed by atoms with van der Waals surface area (Å²) in [7, 11) is 0. The maximum atomic E-state index is 12.2. The number of hydrogen-bond donors (Lipinski definition) is 1. The average Bonchev–Trinajstić information content (AvgIpc) is 2.53. The number of aliphatic carboxylic acids is 1. The van der Waals surface area contributed by atoms with Crippen LogP contribution in [0.25, 0.3) is 0 Å². The van der Waals surface area contributed by atoms with Gasteiger partial charge >= 0.3 is 5.97 Å². The Balaban J connectivity index is 1.74. The van der Waals surface area contributed by atoms with Gasteiger partial charge in [0.25, 0.3) is 0 Å². The number of rotatable bonds is 6. The molecule has 1 aliphatic rings. The number of carbonyl (C=O) groups is 2. The van der Waals surface area contributed by atoms with E-state index in [4.69, 9.17) is 0 Å². The fourth-order valence-electron chi connectivity index (χ4n) is 2.99. The molecule has 0 saturated carbocycles. The van der Waals surface area contributed by atoms with Crippen molar-refractivity contribution in [2.24, 2.45) is 0 Å². The molecular formula is C18H25NO3. The van der Waals surface area contributed by atoms with E-state index >= 15 is 0 Å². The highest BCUT2D eigenvalue weighted by atomic mass is 16.4. The Hall–Kier alpha value is -1.84. The lowest BCUT2D eigenvalue weighted by Crippen LogP contribution is -2.47. The Labute approximate surface area is 132 Å². The van der Waals surface area contributed by atoms with Crippen LogP contribution in [0.4, 0.5) is 0 Å². The number of hydrogen-bond acceptors (Lipinski definition) is 2. The molecule has 1 atom stereocenters. The van der Waals surface area contributed by atoms with Gasteiger partial charge in [0.1, 0.15) is 6.04 Å². The first kappa shape index (κ1) is 16.5. The molecule has 0 aliphatic carbocycles. The number of likely N-dealkylation sites (tertiary alicyclic amines) is 1. The molecule has 120 valence electrons. The second-order valence-electron chi connectivity index (χ2n) is 6.13. The minimum Gasteiger partial charge on any atom is -0.480 e. The summed E-state index contributed by atoms with van der Waals surface area (Å²) in [5.41, 5.74) is 2.54. The van der Waals surface area contributed by atoms with E-state index in [2.05, 4.69) is 31.2 Å². The number of carboxylic acid groups (broad SMARTS) is 1. The Bertz CT molecular complexity index is 510. The van der Waals surface area contributed by atoms with Crippen molar-refractivity contribution in [3.8, 4) is 0 Å². The van der Waals surface area contributed by atoms with Gasteiger partial charge < -0.3 is 10.0 Å². The van der Waals surface area contributed by atoms with Crippen molar-refractivity contribution < 1.29 is 14.7 Å². The van der Waals surface area contributed by atoms with E-state index in [9.17, 15) is 14.7 Å². The zero-order chi connectivity index (χ0) is 15.9. The molecule has 1 saturated heterocycles. The van der Waals surface area contributed by atoms with Gasteiger partial charge in [0.05, 0.1) is 0 Å². The van der Waals surface area contributed by atoms with Gasteiger partial charge in [-0.25, -0.2) is 4.79 Å². The maximum absolute atomic E-state index is 12.2. The SMILES string of the molecule is Cc1ccc(CCCCC(=O)N2CCCC[C@@H]2C(=O)O)cc1. The third kappa shape index (κ3) is 4.58. The zero-order valence-electron chi connectivity index (χ0n) is 13.3. The van der Waals surface area contributed by atoms with Crippen molar-refractivity contribution >= 4 is 11.9 Å². The van der Waals surface area contributed by atoms with Gasteiger partial charge in [0, 0.05) is 13.0 Å². The average molecular weight is 303 g/mol. The Morgan fingerprint density at radius 3 is 2.59 bits per heavy atom. The van der Waals surface area contributed by atoms with Crippen molar-refractivity contribution in [1.82, 2.24) is 4.90 Å². The van der Waals surface area contributed by atoms with Gasteiger partial charge in [-0.2, -0.15) is 0 Å².